The van der Waals surface area contributed by atoms with Gasteiger partial charge in [-0.15, -0.1) is 0 Å². The summed E-state index contributed by atoms with van der Waals surface area (Å²) in [5.74, 6) is 0.514. The average Bonchev–Trinajstić information content (AvgIpc) is 2.49. The number of aryl methyl sites for hydroxylation is 1. The molecule has 0 aliphatic carbocycles. The molecule has 1 aromatic rings. The minimum absolute atomic E-state index is 0.00511. The lowest BCUT2D eigenvalue weighted by molar-refractivity contribution is -0.124. The molecule has 0 bridgehead atoms. The third-order valence-corrected chi connectivity index (χ3v) is 3.48. The summed E-state index contributed by atoms with van der Waals surface area (Å²) in [7, 11) is 0. The van der Waals surface area contributed by atoms with Crippen molar-refractivity contribution in [2.45, 2.75) is 33.2 Å². The Bertz CT molecular complexity index is 488. The number of nitrogens with two attached hydrogens (primary N) is 1. The average molecular weight is 307 g/mol. The number of rotatable bonds is 8. The minimum atomic E-state index is -0.698. The Balaban J connectivity index is 2.39. The number of urea groups is 1. The first-order valence-corrected chi connectivity index (χ1v) is 7.47. The maximum Gasteiger partial charge on any atom is 0.312 e. The minimum Gasteiger partial charge on any atom is -0.492 e. The fourth-order valence-corrected chi connectivity index (χ4v) is 1.94. The second kappa shape index (κ2) is 8.92. The molecule has 6 nitrogen and oxygen atoms in total. The van der Waals surface area contributed by atoms with Crippen LogP contribution in [0.25, 0.3) is 0 Å². The molecule has 6 heteroatoms. The summed E-state index contributed by atoms with van der Waals surface area (Å²) in [5, 5.41) is 5.23. The molecule has 2 unspecified atom stereocenters. The van der Waals surface area contributed by atoms with Crippen LogP contribution in [0.2, 0.25) is 0 Å². The molecule has 0 aliphatic heterocycles. The van der Waals surface area contributed by atoms with Gasteiger partial charge in [0.05, 0.1) is 6.54 Å². The third kappa shape index (κ3) is 6.03. The molecule has 122 valence electrons. The van der Waals surface area contributed by atoms with Crippen LogP contribution >= 0.6 is 0 Å². The Labute approximate surface area is 131 Å². The van der Waals surface area contributed by atoms with E-state index < -0.39 is 12.1 Å². The zero-order valence-corrected chi connectivity index (χ0v) is 13.4. The smallest absolute Gasteiger partial charge is 0.312 e. The summed E-state index contributed by atoms with van der Waals surface area (Å²) < 4.78 is 5.53. The van der Waals surface area contributed by atoms with Crippen molar-refractivity contribution in [1.29, 1.82) is 0 Å². The molecule has 3 amide bonds. The van der Waals surface area contributed by atoms with Crippen LogP contribution in [0.5, 0.6) is 5.75 Å². The molecule has 0 aliphatic rings. The van der Waals surface area contributed by atoms with Gasteiger partial charge in [0.2, 0.25) is 5.91 Å². The number of primary amides is 1. The molecule has 0 aromatic heterocycles. The molecule has 0 saturated heterocycles. The molecule has 0 fully saturated rings. The molecular weight excluding hydrogens is 282 g/mol. The molecule has 0 saturated carbocycles. The van der Waals surface area contributed by atoms with Crippen LogP contribution in [0.15, 0.2) is 24.3 Å². The van der Waals surface area contributed by atoms with Crippen LogP contribution < -0.4 is 21.1 Å². The van der Waals surface area contributed by atoms with Gasteiger partial charge in [-0.3, -0.25) is 4.79 Å². The lowest BCUT2D eigenvalue weighted by Crippen LogP contribution is -2.52. The maximum absolute atomic E-state index is 12.1. The Morgan fingerprint density at radius 2 is 1.91 bits per heavy atom. The number of ether oxygens (including phenoxy) is 1. The van der Waals surface area contributed by atoms with Crippen LogP contribution in [0.3, 0.4) is 0 Å². The van der Waals surface area contributed by atoms with Crippen molar-refractivity contribution < 1.29 is 14.3 Å². The zero-order valence-electron chi connectivity index (χ0n) is 13.4. The van der Waals surface area contributed by atoms with E-state index in [0.717, 1.165) is 17.7 Å². The van der Waals surface area contributed by atoms with E-state index in [2.05, 4.69) is 10.6 Å². The topological polar surface area (TPSA) is 93.5 Å². The standard InChI is InChI=1S/C16H25N3O3/c1-4-12(3)14(19-16(17)21)15(20)18-9-10-22-13-7-5-11(2)6-8-13/h5-8,12,14H,4,9-10H2,1-3H3,(H,18,20)(H3,17,19,21). The predicted molar refractivity (Wildman–Crippen MR) is 85.6 cm³/mol. The SMILES string of the molecule is CCC(C)C(NC(N)=O)C(=O)NCCOc1ccc(C)cc1. The first kappa shape index (κ1) is 17.8. The number of benzene rings is 1. The Morgan fingerprint density at radius 1 is 1.27 bits per heavy atom. The first-order chi connectivity index (χ1) is 10.4. The van der Waals surface area contributed by atoms with Gasteiger partial charge in [-0.1, -0.05) is 38.0 Å². The number of carbonyl (C=O) groups excluding carboxylic acids is 2. The van der Waals surface area contributed by atoms with Gasteiger partial charge < -0.3 is 21.1 Å². The highest BCUT2D eigenvalue weighted by Crippen LogP contribution is 2.11. The fourth-order valence-electron chi connectivity index (χ4n) is 1.94. The van der Waals surface area contributed by atoms with E-state index in [9.17, 15) is 9.59 Å². The molecule has 22 heavy (non-hydrogen) atoms. The van der Waals surface area contributed by atoms with Crippen LogP contribution in [0.1, 0.15) is 25.8 Å². The highest BCUT2D eigenvalue weighted by Gasteiger charge is 2.24. The Kier molecular flexibility index (Phi) is 7.22. The van der Waals surface area contributed by atoms with Crippen LogP contribution in [-0.4, -0.2) is 31.1 Å². The Morgan fingerprint density at radius 3 is 2.45 bits per heavy atom. The molecule has 4 N–H and O–H groups in total. The molecule has 0 spiro atoms. The van der Waals surface area contributed by atoms with Gasteiger partial charge in [0.25, 0.3) is 0 Å². The predicted octanol–water partition coefficient (Wildman–Crippen LogP) is 1.57. The van der Waals surface area contributed by atoms with Gasteiger partial charge >= 0.3 is 6.03 Å². The van der Waals surface area contributed by atoms with Crippen LogP contribution in [0.4, 0.5) is 4.79 Å². The van der Waals surface area contributed by atoms with Gasteiger partial charge in [-0.25, -0.2) is 4.79 Å². The van der Waals surface area contributed by atoms with Crippen LogP contribution in [-0.2, 0) is 4.79 Å². The van der Waals surface area contributed by atoms with Gasteiger partial charge in [0, 0.05) is 0 Å². The first-order valence-electron chi connectivity index (χ1n) is 7.47. The van der Waals surface area contributed by atoms with E-state index in [0.29, 0.717) is 13.2 Å². The monoisotopic (exact) mass is 307 g/mol. The molecule has 2 atom stereocenters. The van der Waals surface area contributed by atoms with Gasteiger partial charge in [0.15, 0.2) is 0 Å². The van der Waals surface area contributed by atoms with Crippen LogP contribution in [0, 0.1) is 12.8 Å². The van der Waals surface area contributed by atoms with Crippen molar-refractivity contribution in [3.8, 4) is 5.75 Å². The second-order valence-corrected chi connectivity index (χ2v) is 5.32. The summed E-state index contributed by atoms with van der Waals surface area (Å²) in [4.78, 5) is 23.1. The number of nitrogens with one attached hydrogen (secondary N) is 2. The lowest BCUT2D eigenvalue weighted by atomic mass is 9.98. The summed E-state index contributed by atoms with van der Waals surface area (Å²) in [6.07, 6.45) is 0.762. The van der Waals surface area contributed by atoms with E-state index in [-0.39, 0.29) is 11.8 Å². The van der Waals surface area contributed by atoms with Crippen molar-refractivity contribution >= 4 is 11.9 Å². The molecular formula is C16H25N3O3. The van der Waals surface area contributed by atoms with Crippen molar-refractivity contribution in [3.63, 3.8) is 0 Å². The molecule has 0 heterocycles. The van der Waals surface area contributed by atoms with Gasteiger partial charge in [-0.05, 0) is 25.0 Å². The number of hydrogen-bond donors (Lipinski definition) is 3. The molecule has 1 rings (SSSR count). The van der Waals surface area contributed by atoms with E-state index in [1.165, 1.54) is 0 Å². The lowest BCUT2D eigenvalue weighted by Gasteiger charge is -2.22. The highest BCUT2D eigenvalue weighted by atomic mass is 16.5. The molecule has 0 radical (unpaired) electrons. The fraction of sp³-hybridized carbons (Fsp3) is 0.500. The van der Waals surface area contributed by atoms with E-state index in [1.54, 1.807) is 0 Å². The summed E-state index contributed by atoms with van der Waals surface area (Å²) in [6.45, 7) is 6.57. The number of carbonyl (C=O) groups is 2. The van der Waals surface area contributed by atoms with Crippen molar-refractivity contribution in [2.75, 3.05) is 13.2 Å². The van der Waals surface area contributed by atoms with Crippen molar-refractivity contribution in [1.82, 2.24) is 10.6 Å². The number of amides is 3. The van der Waals surface area contributed by atoms with E-state index in [1.807, 2.05) is 45.0 Å². The zero-order chi connectivity index (χ0) is 16.5. The number of hydrogen-bond acceptors (Lipinski definition) is 3. The summed E-state index contributed by atoms with van der Waals surface area (Å²) >= 11 is 0. The van der Waals surface area contributed by atoms with Gasteiger partial charge in [-0.2, -0.15) is 0 Å². The van der Waals surface area contributed by atoms with E-state index >= 15 is 0 Å². The highest BCUT2D eigenvalue weighted by molar-refractivity contribution is 5.86. The Hall–Kier alpha value is -2.24. The largest absolute Gasteiger partial charge is 0.492 e. The summed E-state index contributed by atoms with van der Waals surface area (Å²) in [5.41, 5.74) is 6.27. The van der Waals surface area contributed by atoms with Gasteiger partial charge in [0.1, 0.15) is 18.4 Å². The van der Waals surface area contributed by atoms with Crippen molar-refractivity contribution in [2.24, 2.45) is 11.7 Å². The normalized spacial score (nSPS) is 13.0. The summed E-state index contributed by atoms with van der Waals surface area (Å²) in [6, 6.07) is 6.37. The quantitative estimate of drug-likeness (QED) is 0.636. The second-order valence-electron chi connectivity index (χ2n) is 5.32. The third-order valence-electron chi connectivity index (χ3n) is 3.48. The van der Waals surface area contributed by atoms with E-state index in [4.69, 9.17) is 10.5 Å². The van der Waals surface area contributed by atoms with Crippen molar-refractivity contribution in [3.05, 3.63) is 29.8 Å². The maximum atomic E-state index is 12.1. The molecule has 1 aromatic carbocycles.